The number of rotatable bonds is 4. The summed E-state index contributed by atoms with van der Waals surface area (Å²) in [6, 6.07) is 16.1. The first-order valence-electron chi connectivity index (χ1n) is 7.91. The molecule has 0 bridgehead atoms. The van der Waals surface area contributed by atoms with E-state index in [4.69, 9.17) is 5.73 Å². The van der Waals surface area contributed by atoms with Gasteiger partial charge in [0.25, 0.3) is 0 Å². The van der Waals surface area contributed by atoms with Crippen molar-refractivity contribution in [1.82, 2.24) is 5.32 Å². The van der Waals surface area contributed by atoms with Crippen molar-refractivity contribution in [2.75, 3.05) is 12.3 Å². The number of nitrogens with one attached hydrogen (secondary N) is 1. The molecule has 4 heteroatoms. The van der Waals surface area contributed by atoms with Gasteiger partial charge in [-0.05, 0) is 48.1 Å². The lowest BCUT2D eigenvalue weighted by Gasteiger charge is -2.25. The molecule has 3 N–H and O–H groups in total. The number of carbonyl (C=O) groups is 1. The molecule has 1 atom stereocenters. The zero-order valence-corrected chi connectivity index (χ0v) is 13.9. The minimum atomic E-state index is 0. The Morgan fingerprint density at radius 2 is 1.87 bits per heavy atom. The van der Waals surface area contributed by atoms with Gasteiger partial charge in [-0.15, -0.1) is 12.4 Å². The number of carbonyl (C=O) groups excluding carboxylic acids is 1. The summed E-state index contributed by atoms with van der Waals surface area (Å²) in [4.78, 5) is 12.1. The van der Waals surface area contributed by atoms with Crippen LogP contribution in [0.4, 0.5) is 5.69 Å². The van der Waals surface area contributed by atoms with E-state index in [0.29, 0.717) is 12.3 Å². The second kappa shape index (κ2) is 8.02. The minimum Gasteiger partial charge on any atom is -0.399 e. The zero-order chi connectivity index (χ0) is 15.4. The molecule has 0 aliphatic heterocycles. The van der Waals surface area contributed by atoms with Crippen LogP contribution in [0.1, 0.15) is 35.4 Å². The molecule has 0 spiro atoms. The fourth-order valence-electron chi connectivity index (χ4n) is 3.19. The smallest absolute Gasteiger partial charge is 0.224 e. The molecule has 1 aliphatic carbocycles. The Kier molecular flexibility index (Phi) is 6.05. The Balaban J connectivity index is 0.00000192. The van der Waals surface area contributed by atoms with E-state index >= 15 is 0 Å². The van der Waals surface area contributed by atoms with Gasteiger partial charge in [-0.3, -0.25) is 4.79 Å². The van der Waals surface area contributed by atoms with E-state index in [2.05, 4.69) is 29.6 Å². The Morgan fingerprint density at radius 1 is 1.13 bits per heavy atom. The third-order valence-electron chi connectivity index (χ3n) is 4.38. The summed E-state index contributed by atoms with van der Waals surface area (Å²) in [5.74, 6) is 0.521. The van der Waals surface area contributed by atoms with Crippen molar-refractivity contribution in [3.8, 4) is 0 Å². The van der Waals surface area contributed by atoms with Gasteiger partial charge in [0.15, 0.2) is 0 Å². The fourth-order valence-corrected chi connectivity index (χ4v) is 3.19. The number of anilines is 1. The van der Waals surface area contributed by atoms with Gasteiger partial charge >= 0.3 is 0 Å². The van der Waals surface area contributed by atoms with Crippen molar-refractivity contribution in [1.29, 1.82) is 0 Å². The monoisotopic (exact) mass is 330 g/mol. The maximum absolute atomic E-state index is 12.1. The maximum atomic E-state index is 12.1. The van der Waals surface area contributed by atoms with Crippen LogP contribution < -0.4 is 11.1 Å². The van der Waals surface area contributed by atoms with Gasteiger partial charge in [0.05, 0.1) is 6.42 Å². The third kappa shape index (κ3) is 4.49. The molecule has 1 amide bonds. The summed E-state index contributed by atoms with van der Waals surface area (Å²) in [5.41, 5.74) is 10.2. The molecule has 0 saturated carbocycles. The minimum absolute atomic E-state index is 0. The van der Waals surface area contributed by atoms with E-state index in [1.807, 2.05) is 24.3 Å². The molecule has 3 rings (SSSR count). The number of aryl methyl sites for hydroxylation is 1. The normalized spacial score (nSPS) is 16.1. The predicted octanol–water partition coefficient (Wildman–Crippen LogP) is 3.47. The van der Waals surface area contributed by atoms with Gasteiger partial charge in [0.2, 0.25) is 5.91 Å². The number of nitrogen functional groups attached to an aromatic ring is 1. The van der Waals surface area contributed by atoms with Gasteiger partial charge in [-0.2, -0.15) is 0 Å². The Hall–Kier alpha value is -2.00. The molecule has 3 nitrogen and oxygen atoms in total. The highest BCUT2D eigenvalue weighted by Gasteiger charge is 2.20. The van der Waals surface area contributed by atoms with Crippen molar-refractivity contribution in [2.24, 2.45) is 0 Å². The SMILES string of the molecule is Cl.Nc1ccc(CC(=O)NCC2CCCc3ccccc32)cc1. The van der Waals surface area contributed by atoms with Gasteiger partial charge in [-0.1, -0.05) is 36.4 Å². The van der Waals surface area contributed by atoms with Crippen LogP contribution >= 0.6 is 12.4 Å². The van der Waals surface area contributed by atoms with Crippen LogP contribution in [0.2, 0.25) is 0 Å². The third-order valence-corrected chi connectivity index (χ3v) is 4.38. The van der Waals surface area contributed by atoms with Crippen LogP contribution in [-0.2, 0) is 17.6 Å². The highest BCUT2D eigenvalue weighted by atomic mass is 35.5. The largest absolute Gasteiger partial charge is 0.399 e. The molecule has 0 fully saturated rings. The van der Waals surface area contributed by atoms with Gasteiger partial charge in [-0.25, -0.2) is 0 Å². The molecule has 1 aliphatic rings. The van der Waals surface area contributed by atoms with E-state index in [1.165, 1.54) is 17.5 Å². The van der Waals surface area contributed by atoms with Gasteiger partial charge in [0.1, 0.15) is 0 Å². The highest BCUT2D eigenvalue weighted by molar-refractivity contribution is 5.85. The lowest BCUT2D eigenvalue weighted by Crippen LogP contribution is -2.31. The lowest BCUT2D eigenvalue weighted by atomic mass is 9.83. The molecule has 23 heavy (non-hydrogen) atoms. The van der Waals surface area contributed by atoms with Crippen molar-refractivity contribution >= 4 is 24.0 Å². The van der Waals surface area contributed by atoms with E-state index in [-0.39, 0.29) is 18.3 Å². The number of benzene rings is 2. The van der Waals surface area contributed by atoms with Crippen LogP contribution in [-0.4, -0.2) is 12.5 Å². The van der Waals surface area contributed by atoms with Crippen LogP contribution in [0, 0.1) is 0 Å². The number of halogens is 1. The molecule has 122 valence electrons. The molecular formula is C19H23ClN2O. The fraction of sp³-hybridized carbons (Fsp3) is 0.316. The highest BCUT2D eigenvalue weighted by Crippen LogP contribution is 2.30. The topological polar surface area (TPSA) is 55.1 Å². The van der Waals surface area contributed by atoms with Gasteiger partial charge in [0, 0.05) is 18.2 Å². The summed E-state index contributed by atoms with van der Waals surface area (Å²) >= 11 is 0. The molecule has 2 aromatic carbocycles. The van der Waals surface area contributed by atoms with E-state index < -0.39 is 0 Å². The summed E-state index contributed by atoms with van der Waals surface area (Å²) < 4.78 is 0. The molecule has 1 unspecified atom stereocenters. The first kappa shape index (κ1) is 17.4. The molecule has 2 aromatic rings. The predicted molar refractivity (Wildman–Crippen MR) is 96.9 cm³/mol. The van der Waals surface area contributed by atoms with Crippen LogP contribution in [0.5, 0.6) is 0 Å². The molecule has 0 radical (unpaired) electrons. The quantitative estimate of drug-likeness (QED) is 0.843. The molecule has 0 heterocycles. The number of fused-ring (bicyclic) bond motifs is 1. The Bertz CT molecular complexity index is 655. The van der Waals surface area contributed by atoms with E-state index in [1.54, 1.807) is 0 Å². The van der Waals surface area contributed by atoms with Gasteiger partial charge < -0.3 is 11.1 Å². The molecule has 0 aromatic heterocycles. The van der Waals surface area contributed by atoms with Crippen LogP contribution in [0.15, 0.2) is 48.5 Å². The number of amides is 1. The summed E-state index contributed by atoms with van der Waals surface area (Å²) in [7, 11) is 0. The Labute approximate surface area is 143 Å². The Morgan fingerprint density at radius 3 is 2.65 bits per heavy atom. The lowest BCUT2D eigenvalue weighted by molar-refractivity contribution is -0.120. The molecule has 0 saturated heterocycles. The first-order valence-corrected chi connectivity index (χ1v) is 7.91. The average molecular weight is 331 g/mol. The van der Waals surface area contributed by atoms with Crippen LogP contribution in [0.25, 0.3) is 0 Å². The number of hydrogen-bond donors (Lipinski definition) is 2. The number of hydrogen-bond acceptors (Lipinski definition) is 2. The van der Waals surface area contributed by atoms with E-state index in [0.717, 1.165) is 30.6 Å². The van der Waals surface area contributed by atoms with Crippen molar-refractivity contribution in [3.05, 3.63) is 65.2 Å². The molecular weight excluding hydrogens is 308 g/mol. The van der Waals surface area contributed by atoms with Crippen molar-refractivity contribution in [2.45, 2.75) is 31.6 Å². The van der Waals surface area contributed by atoms with Crippen LogP contribution in [0.3, 0.4) is 0 Å². The van der Waals surface area contributed by atoms with Crippen molar-refractivity contribution < 1.29 is 4.79 Å². The average Bonchev–Trinajstić information content (AvgIpc) is 2.55. The maximum Gasteiger partial charge on any atom is 0.224 e. The second-order valence-electron chi connectivity index (χ2n) is 6.01. The van der Waals surface area contributed by atoms with Crippen molar-refractivity contribution in [3.63, 3.8) is 0 Å². The summed E-state index contributed by atoms with van der Waals surface area (Å²) in [6.45, 7) is 0.727. The van der Waals surface area contributed by atoms with E-state index in [9.17, 15) is 4.79 Å². The number of nitrogens with two attached hydrogens (primary N) is 1. The summed E-state index contributed by atoms with van der Waals surface area (Å²) in [6.07, 6.45) is 3.93. The summed E-state index contributed by atoms with van der Waals surface area (Å²) in [5, 5.41) is 3.09. The zero-order valence-electron chi connectivity index (χ0n) is 13.1. The first-order chi connectivity index (χ1) is 10.7. The standard InChI is InChI=1S/C19H22N2O.ClH/c20-17-10-8-14(9-11-17)12-19(22)21-13-16-6-3-5-15-4-1-2-7-18(15)16;/h1-2,4,7-11,16H,3,5-6,12-13,20H2,(H,21,22);1H. The second-order valence-corrected chi connectivity index (χ2v) is 6.01.